The van der Waals surface area contributed by atoms with Crippen LogP contribution in [0.1, 0.15) is 18.3 Å². The van der Waals surface area contributed by atoms with Crippen molar-refractivity contribution in [1.29, 1.82) is 5.41 Å². The second kappa shape index (κ2) is 9.58. The van der Waals surface area contributed by atoms with Gasteiger partial charge in [-0.25, -0.2) is 9.97 Å². The second-order valence-corrected chi connectivity index (χ2v) is 8.34. The van der Waals surface area contributed by atoms with Gasteiger partial charge >= 0.3 is 0 Å². The molecule has 4 heterocycles. The van der Waals surface area contributed by atoms with Gasteiger partial charge in [-0.05, 0) is 37.3 Å². The number of nitrogens with one attached hydrogen (secondary N) is 1. The van der Waals surface area contributed by atoms with Gasteiger partial charge in [0.15, 0.2) is 11.6 Å². The van der Waals surface area contributed by atoms with Crippen LogP contribution in [-0.2, 0) is 4.74 Å². The molecule has 0 bridgehead atoms. The Bertz CT molecular complexity index is 1060. The molecule has 0 unspecified atom stereocenters. The third-order valence-electron chi connectivity index (χ3n) is 6.04. The first-order valence-electron chi connectivity index (χ1n) is 11.0. The van der Waals surface area contributed by atoms with E-state index in [4.69, 9.17) is 20.1 Å². The number of ether oxygens (including phenoxy) is 1. The molecule has 2 saturated heterocycles. The van der Waals surface area contributed by atoms with Crippen LogP contribution in [0, 0.1) is 5.41 Å². The van der Waals surface area contributed by atoms with Crippen molar-refractivity contribution in [3.8, 4) is 0 Å². The highest BCUT2D eigenvalue weighted by atomic mass is 16.5. The van der Waals surface area contributed by atoms with Crippen molar-refractivity contribution in [3.05, 3.63) is 48.6 Å². The van der Waals surface area contributed by atoms with E-state index in [-0.39, 0.29) is 0 Å². The van der Waals surface area contributed by atoms with Crippen molar-refractivity contribution in [2.45, 2.75) is 6.92 Å². The SMILES string of the molecule is C=C(C=N)c1nc(N2CCOCC2)c2ncc(/C(C)=C/C(=C)N3CCN(C)CC3)cc2n1. The van der Waals surface area contributed by atoms with Crippen molar-refractivity contribution >= 4 is 34.2 Å². The molecule has 8 heteroatoms. The molecule has 2 fully saturated rings. The number of hydrogen-bond acceptors (Lipinski definition) is 8. The van der Waals surface area contributed by atoms with E-state index < -0.39 is 0 Å². The molecule has 8 nitrogen and oxygen atoms in total. The van der Waals surface area contributed by atoms with Crippen LogP contribution in [0.3, 0.4) is 0 Å². The summed E-state index contributed by atoms with van der Waals surface area (Å²) in [5.41, 5.74) is 5.07. The molecule has 0 aliphatic carbocycles. The van der Waals surface area contributed by atoms with Crippen LogP contribution >= 0.6 is 0 Å². The molecule has 0 atom stereocenters. The number of fused-ring (bicyclic) bond motifs is 1. The zero-order valence-electron chi connectivity index (χ0n) is 19.0. The zero-order valence-corrected chi connectivity index (χ0v) is 19.0. The molecule has 2 aliphatic rings. The number of morpholine rings is 1. The summed E-state index contributed by atoms with van der Waals surface area (Å²) in [6, 6.07) is 2.04. The Balaban J connectivity index is 1.68. The topological polar surface area (TPSA) is 81.5 Å². The monoisotopic (exact) mass is 433 g/mol. The van der Waals surface area contributed by atoms with E-state index in [1.807, 2.05) is 12.3 Å². The quantitative estimate of drug-likeness (QED) is 0.554. The van der Waals surface area contributed by atoms with Gasteiger partial charge in [0.25, 0.3) is 0 Å². The molecule has 0 spiro atoms. The lowest BCUT2D eigenvalue weighted by molar-refractivity contribution is 0.122. The number of likely N-dealkylation sites (N-methyl/N-ethyl adjacent to an activating group) is 1. The molecule has 0 amide bonds. The molecule has 0 saturated carbocycles. The minimum Gasteiger partial charge on any atom is -0.378 e. The minimum atomic E-state index is 0.455. The first kappa shape index (κ1) is 22.1. The fourth-order valence-corrected chi connectivity index (χ4v) is 3.94. The van der Waals surface area contributed by atoms with Gasteiger partial charge < -0.3 is 24.8 Å². The smallest absolute Gasteiger partial charge is 0.163 e. The van der Waals surface area contributed by atoms with E-state index in [2.05, 4.69) is 52.9 Å². The van der Waals surface area contributed by atoms with Gasteiger partial charge in [0, 0.05) is 63.0 Å². The number of anilines is 1. The fourth-order valence-electron chi connectivity index (χ4n) is 3.94. The number of piperazine rings is 1. The van der Waals surface area contributed by atoms with E-state index in [9.17, 15) is 0 Å². The Morgan fingerprint density at radius 3 is 2.50 bits per heavy atom. The number of rotatable bonds is 6. The summed E-state index contributed by atoms with van der Waals surface area (Å²) in [6.07, 6.45) is 5.19. The van der Waals surface area contributed by atoms with Gasteiger partial charge in [0.1, 0.15) is 5.52 Å². The van der Waals surface area contributed by atoms with Gasteiger partial charge in [-0.2, -0.15) is 0 Å². The van der Waals surface area contributed by atoms with Crippen molar-refractivity contribution in [1.82, 2.24) is 24.8 Å². The third kappa shape index (κ3) is 4.71. The van der Waals surface area contributed by atoms with Crippen molar-refractivity contribution in [2.24, 2.45) is 0 Å². The average Bonchev–Trinajstić information content (AvgIpc) is 2.83. The van der Waals surface area contributed by atoms with Crippen molar-refractivity contribution in [3.63, 3.8) is 0 Å². The highest BCUT2D eigenvalue weighted by Crippen LogP contribution is 2.27. The van der Waals surface area contributed by atoms with Crippen LogP contribution in [0.2, 0.25) is 0 Å². The zero-order chi connectivity index (χ0) is 22.7. The van der Waals surface area contributed by atoms with E-state index in [1.54, 1.807) is 0 Å². The first-order chi connectivity index (χ1) is 15.5. The number of nitrogens with zero attached hydrogens (tertiary/aromatic N) is 6. The van der Waals surface area contributed by atoms with Crippen molar-refractivity contribution < 1.29 is 4.74 Å². The highest BCUT2D eigenvalue weighted by Gasteiger charge is 2.20. The van der Waals surface area contributed by atoms with Crippen LogP contribution in [-0.4, -0.2) is 90.5 Å². The molecule has 2 aromatic rings. The normalized spacial score (nSPS) is 18.1. The lowest BCUT2D eigenvalue weighted by atomic mass is 10.1. The molecule has 4 rings (SSSR count). The summed E-state index contributed by atoms with van der Waals surface area (Å²) in [5.74, 6) is 1.22. The van der Waals surface area contributed by atoms with Gasteiger partial charge in [0.05, 0.1) is 18.7 Å². The maximum atomic E-state index is 7.59. The molecule has 2 aliphatic heterocycles. The third-order valence-corrected chi connectivity index (χ3v) is 6.04. The molecule has 0 aromatic carbocycles. The van der Waals surface area contributed by atoms with Gasteiger partial charge in [-0.1, -0.05) is 13.2 Å². The number of allylic oxidation sites excluding steroid dienone is 3. The van der Waals surface area contributed by atoms with Crippen LogP contribution in [0.15, 0.2) is 37.2 Å². The van der Waals surface area contributed by atoms with Crippen LogP contribution in [0.5, 0.6) is 0 Å². The fraction of sp³-hybridized carbons (Fsp3) is 0.417. The second-order valence-electron chi connectivity index (χ2n) is 8.34. The maximum Gasteiger partial charge on any atom is 0.163 e. The lowest BCUT2D eigenvalue weighted by Crippen LogP contribution is -2.43. The molecule has 32 heavy (non-hydrogen) atoms. The van der Waals surface area contributed by atoms with Gasteiger partial charge in [-0.15, -0.1) is 0 Å². The van der Waals surface area contributed by atoms with Crippen LogP contribution < -0.4 is 4.90 Å². The Kier molecular flexibility index (Phi) is 6.62. The van der Waals surface area contributed by atoms with Gasteiger partial charge in [0.2, 0.25) is 0 Å². The predicted octanol–water partition coefficient (Wildman–Crippen LogP) is 2.69. The maximum absolute atomic E-state index is 7.59. The molecule has 2 aromatic heterocycles. The highest BCUT2D eigenvalue weighted by molar-refractivity contribution is 6.06. The Hall–Kier alpha value is -3.10. The summed E-state index contributed by atoms with van der Waals surface area (Å²) in [6.45, 7) is 17.2. The Morgan fingerprint density at radius 2 is 1.81 bits per heavy atom. The molecule has 168 valence electrons. The average molecular weight is 434 g/mol. The van der Waals surface area contributed by atoms with E-state index in [1.165, 1.54) is 6.21 Å². The summed E-state index contributed by atoms with van der Waals surface area (Å²) >= 11 is 0. The van der Waals surface area contributed by atoms with Gasteiger partial charge in [-0.3, -0.25) is 4.98 Å². The molecular weight excluding hydrogens is 402 g/mol. The summed E-state index contributed by atoms with van der Waals surface area (Å²) in [7, 11) is 2.15. The molecule has 0 radical (unpaired) electrons. The number of aromatic nitrogens is 3. The predicted molar refractivity (Wildman–Crippen MR) is 130 cm³/mol. The Labute approximate surface area is 189 Å². The van der Waals surface area contributed by atoms with Crippen molar-refractivity contribution in [2.75, 3.05) is 64.4 Å². The number of hydrogen-bond donors (Lipinski definition) is 1. The molecular formula is C24H31N7O. The largest absolute Gasteiger partial charge is 0.378 e. The summed E-state index contributed by atoms with van der Waals surface area (Å²) in [5, 5.41) is 7.59. The first-order valence-corrected chi connectivity index (χ1v) is 11.0. The standard InChI is InChI=1S/C24H31N7O/c1-17(13-19(3)30-7-5-29(4)6-8-30)20-14-21-22(26-16-20)24(31-9-11-32-12-10-31)28-23(27-21)18(2)15-25/h13-16,25H,2-3,5-12H2,1,4H3/b17-13+,25-15?. The van der Waals surface area contributed by atoms with Crippen LogP contribution in [0.25, 0.3) is 22.2 Å². The number of pyridine rings is 1. The lowest BCUT2D eigenvalue weighted by Gasteiger charge is -2.34. The summed E-state index contributed by atoms with van der Waals surface area (Å²) < 4.78 is 5.49. The van der Waals surface area contributed by atoms with Crippen LogP contribution in [0.4, 0.5) is 5.82 Å². The summed E-state index contributed by atoms with van der Waals surface area (Å²) in [4.78, 5) is 20.9. The minimum absolute atomic E-state index is 0.455. The van der Waals surface area contributed by atoms with E-state index >= 15 is 0 Å². The Morgan fingerprint density at radius 1 is 1.09 bits per heavy atom. The molecule has 1 N–H and O–H groups in total. The van der Waals surface area contributed by atoms with E-state index in [0.717, 1.165) is 73.0 Å². The van der Waals surface area contributed by atoms with E-state index in [0.29, 0.717) is 24.6 Å².